The lowest BCUT2D eigenvalue weighted by molar-refractivity contribution is 0.633. The van der Waals surface area contributed by atoms with Crippen molar-refractivity contribution in [3.8, 4) is 0 Å². The Morgan fingerprint density at radius 1 is 1.53 bits per heavy atom. The Bertz CT molecular complexity index is 501. The normalized spacial score (nSPS) is 11.4. The summed E-state index contributed by atoms with van der Waals surface area (Å²) in [5.41, 5.74) is 0.619. The molecule has 0 radical (unpaired) electrons. The number of hydrogen-bond donors (Lipinski definition) is 1. The monoisotopic (exact) mass is 206 g/mol. The maximum Gasteiger partial charge on any atom is 0.178 e. The van der Waals surface area contributed by atoms with Gasteiger partial charge >= 0.3 is 0 Å². The summed E-state index contributed by atoms with van der Waals surface area (Å²) < 4.78 is 13.3. The van der Waals surface area contributed by atoms with Crippen LogP contribution in [0.2, 0.25) is 0 Å². The SMILES string of the molecule is CN(C)/C=N/c1ncc(F)c2cc[nH]c12. The van der Waals surface area contributed by atoms with E-state index in [2.05, 4.69) is 15.0 Å². The molecule has 2 rings (SSSR count). The second-order valence-corrected chi connectivity index (χ2v) is 3.40. The second kappa shape index (κ2) is 3.68. The van der Waals surface area contributed by atoms with Crippen molar-refractivity contribution in [2.24, 2.45) is 4.99 Å². The molecule has 2 aromatic rings. The Labute approximate surface area is 86.5 Å². The van der Waals surface area contributed by atoms with Gasteiger partial charge in [-0.1, -0.05) is 0 Å². The van der Waals surface area contributed by atoms with Crippen LogP contribution in [0.25, 0.3) is 10.9 Å². The van der Waals surface area contributed by atoms with Crippen LogP contribution in [0.4, 0.5) is 10.2 Å². The van der Waals surface area contributed by atoms with Gasteiger partial charge in [0.2, 0.25) is 0 Å². The first kappa shape index (κ1) is 9.64. The Hall–Kier alpha value is -1.91. The number of aliphatic imine (C=N–C) groups is 1. The first-order valence-electron chi connectivity index (χ1n) is 4.50. The molecule has 4 nitrogen and oxygen atoms in total. The molecule has 2 aromatic heterocycles. The molecule has 0 amide bonds. The minimum Gasteiger partial charge on any atom is -0.369 e. The van der Waals surface area contributed by atoms with E-state index in [0.717, 1.165) is 0 Å². The van der Waals surface area contributed by atoms with Crippen LogP contribution < -0.4 is 0 Å². The maximum absolute atomic E-state index is 13.3. The summed E-state index contributed by atoms with van der Waals surface area (Å²) in [6.07, 6.45) is 4.48. The van der Waals surface area contributed by atoms with Crippen molar-refractivity contribution >= 4 is 23.1 Å². The van der Waals surface area contributed by atoms with Crippen LogP contribution in [0.15, 0.2) is 23.5 Å². The molecule has 0 aliphatic heterocycles. The largest absolute Gasteiger partial charge is 0.369 e. The highest BCUT2D eigenvalue weighted by Crippen LogP contribution is 2.23. The molecule has 0 atom stereocenters. The van der Waals surface area contributed by atoms with Gasteiger partial charge in [-0.3, -0.25) is 0 Å². The Kier molecular flexibility index (Phi) is 2.37. The first-order valence-corrected chi connectivity index (χ1v) is 4.50. The fraction of sp³-hybridized carbons (Fsp3) is 0.200. The van der Waals surface area contributed by atoms with Gasteiger partial charge in [0.25, 0.3) is 0 Å². The van der Waals surface area contributed by atoms with Crippen molar-refractivity contribution in [3.63, 3.8) is 0 Å². The number of pyridine rings is 1. The molecule has 1 N–H and O–H groups in total. The van der Waals surface area contributed by atoms with E-state index in [4.69, 9.17) is 0 Å². The molecule has 0 aliphatic rings. The number of aromatic amines is 1. The molecule has 0 aromatic carbocycles. The van der Waals surface area contributed by atoms with Gasteiger partial charge < -0.3 is 9.88 Å². The van der Waals surface area contributed by atoms with Crippen molar-refractivity contribution in [1.82, 2.24) is 14.9 Å². The van der Waals surface area contributed by atoms with Crippen LogP contribution in [0, 0.1) is 5.82 Å². The molecule has 78 valence electrons. The van der Waals surface area contributed by atoms with Gasteiger partial charge in [0.15, 0.2) is 11.6 Å². The third-order valence-corrected chi connectivity index (χ3v) is 1.94. The number of halogens is 1. The second-order valence-electron chi connectivity index (χ2n) is 3.40. The van der Waals surface area contributed by atoms with E-state index in [-0.39, 0.29) is 5.82 Å². The molecular weight excluding hydrogens is 195 g/mol. The summed E-state index contributed by atoms with van der Waals surface area (Å²) in [4.78, 5) is 12.8. The highest BCUT2D eigenvalue weighted by atomic mass is 19.1. The third kappa shape index (κ3) is 1.81. The lowest BCUT2D eigenvalue weighted by atomic mass is 10.3. The topological polar surface area (TPSA) is 44.3 Å². The first-order chi connectivity index (χ1) is 7.18. The molecule has 2 heterocycles. The minimum absolute atomic E-state index is 0.338. The number of aromatic nitrogens is 2. The van der Waals surface area contributed by atoms with Crippen LogP contribution >= 0.6 is 0 Å². The van der Waals surface area contributed by atoms with Crippen LogP contribution in [-0.4, -0.2) is 35.3 Å². The van der Waals surface area contributed by atoms with Crippen molar-refractivity contribution < 1.29 is 4.39 Å². The molecule has 0 saturated carbocycles. The number of rotatable bonds is 2. The van der Waals surface area contributed by atoms with E-state index in [1.807, 2.05) is 14.1 Å². The fourth-order valence-corrected chi connectivity index (χ4v) is 1.27. The summed E-state index contributed by atoms with van der Waals surface area (Å²) in [6.45, 7) is 0. The van der Waals surface area contributed by atoms with Gasteiger partial charge in [0.1, 0.15) is 0 Å². The molecular formula is C10H11FN4. The van der Waals surface area contributed by atoms with Crippen LogP contribution in [0.1, 0.15) is 0 Å². The Balaban J connectivity index is 2.52. The van der Waals surface area contributed by atoms with Crippen molar-refractivity contribution in [2.75, 3.05) is 14.1 Å². The van der Waals surface area contributed by atoms with E-state index in [0.29, 0.717) is 16.7 Å². The summed E-state index contributed by atoms with van der Waals surface area (Å²) in [5, 5.41) is 0.510. The molecule has 0 saturated heterocycles. The van der Waals surface area contributed by atoms with Gasteiger partial charge in [0.05, 0.1) is 18.1 Å². The fourth-order valence-electron chi connectivity index (χ4n) is 1.27. The zero-order valence-electron chi connectivity index (χ0n) is 8.53. The van der Waals surface area contributed by atoms with Gasteiger partial charge in [-0.25, -0.2) is 14.4 Å². The molecule has 0 bridgehead atoms. The van der Waals surface area contributed by atoms with Crippen LogP contribution in [-0.2, 0) is 0 Å². The number of hydrogen-bond acceptors (Lipinski definition) is 2. The standard InChI is InChI=1S/C10H11FN4/c1-15(2)6-14-10-9-7(3-4-12-9)8(11)5-13-10/h3-6,12H,1-2H3/b14-6+. The van der Waals surface area contributed by atoms with E-state index in [1.54, 1.807) is 23.5 Å². The Morgan fingerprint density at radius 2 is 2.33 bits per heavy atom. The van der Waals surface area contributed by atoms with Crippen molar-refractivity contribution in [2.45, 2.75) is 0 Å². The highest BCUT2D eigenvalue weighted by Gasteiger charge is 2.06. The van der Waals surface area contributed by atoms with Gasteiger partial charge in [-0.2, -0.15) is 0 Å². The molecule has 0 unspecified atom stereocenters. The van der Waals surface area contributed by atoms with E-state index < -0.39 is 0 Å². The van der Waals surface area contributed by atoms with E-state index in [1.165, 1.54) is 6.20 Å². The van der Waals surface area contributed by atoms with Crippen LogP contribution in [0.3, 0.4) is 0 Å². The summed E-state index contributed by atoms with van der Waals surface area (Å²) >= 11 is 0. The van der Waals surface area contributed by atoms with Crippen LogP contribution in [0.5, 0.6) is 0 Å². The lowest BCUT2D eigenvalue weighted by Crippen LogP contribution is -2.07. The van der Waals surface area contributed by atoms with Crippen molar-refractivity contribution in [3.05, 3.63) is 24.3 Å². The van der Waals surface area contributed by atoms with Gasteiger partial charge in [0, 0.05) is 25.7 Å². The maximum atomic E-state index is 13.3. The third-order valence-electron chi connectivity index (χ3n) is 1.94. The average molecular weight is 206 g/mol. The summed E-state index contributed by atoms with van der Waals surface area (Å²) in [5.74, 6) is 0.153. The van der Waals surface area contributed by atoms with Crippen molar-refractivity contribution in [1.29, 1.82) is 0 Å². The average Bonchev–Trinajstić information content (AvgIpc) is 2.66. The smallest absolute Gasteiger partial charge is 0.178 e. The van der Waals surface area contributed by atoms with E-state index in [9.17, 15) is 4.39 Å². The number of H-pyrrole nitrogens is 1. The molecule has 0 spiro atoms. The summed E-state index contributed by atoms with van der Waals surface area (Å²) in [7, 11) is 3.72. The zero-order chi connectivity index (χ0) is 10.8. The molecule has 0 fully saturated rings. The molecule has 5 heteroatoms. The summed E-state index contributed by atoms with van der Waals surface area (Å²) in [6, 6.07) is 1.67. The van der Waals surface area contributed by atoms with Gasteiger partial charge in [-0.05, 0) is 6.07 Å². The quantitative estimate of drug-likeness (QED) is 0.602. The number of nitrogens with zero attached hydrogens (tertiary/aromatic N) is 3. The molecule has 15 heavy (non-hydrogen) atoms. The number of fused-ring (bicyclic) bond motifs is 1. The molecule has 0 aliphatic carbocycles. The minimum atomic E-state index is -0.338. The highest BCUT2D eigenvalue weighted by molar-refractivity contribution is 5.88. The zero-order valence-corrected chi connectivity index (χ0v) is 8.53. The van der Waals surface area contributed by atoms with Gasteiger partial charge in [-0.15, -0.1) is 0 Å². The number of nitrogens with one attached hydrogen (secondary N) is 1. The predicted octanol–water partition coefficient (Wildman–Crippen LogP) is 1.92. The van der Waals surface area contributed by atoms with E-state index >= 15 is 0 Å². The lowest BCUT2D eigenvalue weighted by Gasteiger charge is -2.02. The predicted molar refractivity (Wildman–Crippen MR) is 57.9 cm³/mol. The Morgan fingerprint density at radius 3 is 3.07 bits per heavy atom.